The molecule has 0 bridgehead atoms. The lowest BCUT2D eigenvalue weighted by atomic mass is 10.0. The maximum atomic E-state index is 12.3. The predicted molar refractivity (Wildman–Crippen MR) is 90.1 cm³/mol. The zero-order chi connectivity index (χ0) is 16.9. The average Bonchev–Trinajstić information content (AvgIpc) is 3.27. The predicted octanol–water partition coefficient (Wildman–Crippen LogP) is 2.56. The van der Waals surface area contributed by atoms with Gasteiger partial charge >= 0.3 is 0 Å². The minimum atomic E-state index is -0.241. The third-order valence-electron chi connectivity index (χ3n) is 4.39. The van der Waals surface area contributed by atoms with Crippen molar-refractivity contribution in [2.75, 3.05) is 26.7 Å². The van der Waals surface area contributed by atoms with Crippen molar-refractivity contribution in [3.05, 3.63) is 47.3 Å². The van der Waals surface area contributed by atoms with Crippen LogP contribution in [0.25, 0.3) is 0 Å². The number of likely N-dealkylation sites (tertiary alicyclic amines) is 1. The smallest absolute Gasteiger partial charge is 0.289 e. The number of nitrogens with zero attached hydrogens (tertiary/aromatic N) is 2. The molecule has 1 amide bonds. The standard InChI is InChI=1S/C18H23N3O3/c1-13-11-17(24-20-13)18(22)19-12-15(21-9-5-6-10-21)14-7-3-4-8-16(14)23-2/h3-4,7-8,11,15H,5-6,9-10,12H2,1-2H3,(H,19,22). The van der Waals surface area contributed by atoms with Gasteiger partial charge in [-0.3, -0.25) is 9.69 Å². The summed E-state index contributed by atoms with van der Waals surface area (Å²) in [6.45, 7) is 4.35. The molecular formula is C18H23N3O3. The van der Waals surface area contributed by atoms with Gasteiger partial charge in [-0.2, -0.15) is 0 Å². The van der Waals surface area contributed by atoms with Crippen molar-refractivity contribution in [1.29, 1.82) is 0 Å². The van der Waals surface area contributed by atoms with Crippen molar-refractivity contribution < 1.29 is 14.1 Å². The molecule has 1 aliphatic rings. The molecule has 1 saturated heterocycles. The minimum Gasteiger partial charge on any atom is -0.496 e. The van der Waals surface area contributed by atoms with Gasteiger partial charge < -0.3 is 14.6 Å². The molecule has 6 nitrogen and oxygen atoms in total. The number of rotatable bonds is 6. The molecule has 128 valence electrons. The number of amides is 1. The molecule has 0 aliphatic carbocycles. The summed E-state index contributed by atoms with van der Waals surface area (Å²) in [5.74, 6) is 0.849. The Morgan fingerprint density at radius 1 is 1.38 bits per heavy atom. The molecular weight excluding hydrogens is 306 g/mol. The van der Waals surface area contributed by atoms with Crippen molar-refractivity contribution >= 4 is 5.91 Å². The molecule has 24 heavy (non-hydrogen) atoms. The first kappa shape index (κ1) is 16.5. The number of methoxy groups -OCH3 is 1. The van der Waals surface area contributed by atoms with E-state index in [0.717, 1.165) is 24.4 Å². The molecule has 0 spiro atoms. The molecule has 1 aromatic heterocycles. The lowest BCUT2D eigenvalue weighted by Gasteiger charge is -2.29. The van der Waals surface area contributed by atoms with Crippen molar-refractivity contribution in [2.24, 2.45) is 0 Å². The first-order valence-electron chi connectivity index (χ1n) is 8.27. The Bertz CT molecular complexity index is 692. The van der Waals surface area contributed by atoms with Gasteiger partial charge in [0.05, 0.1) is 18.8 Å². The molecule has 0 radical (unpaired) electrons. The summed E-state index contributed by atoms with van der Waals surface area (Å²) in [6.07, 6.45) is 2.36. The highest BCUT2D eigenvalue weighted by Gasteiger charge is 2.26. The van der Waals surface area contributed by atoms with E-state index in [1.54, 1.807) is 20.1 Å². The van der Waals surface area contributed by atoms with Crippen molar-refractivity contribution in [3.8, 4) is 5.75 Å². The van der Waals surface area contributed by atoms with Crippen LogP contribution in [-0.2, 0) is 0 Å². The number of nitrogens with one attached hydrogen (secondary N) is 1. The number of benzene rings is 1. The van der Waals surface area contributed by atoms with Gasteiger partial charge in [0.2, 0.25) is 5.76 Å². The largest absolute Gasteiger partial charge is 0.496 e. The van der Waals surface area contributed by atoms with E-state index in [-0.39, 0.29) is 17.7 Å². The first-order valence-corrected chi connectivity index (χ1v) is 8.27. The Kier molecular flexibility index (Phi) is 5.15. The molecule has 6 heteroatoms. The second-order valence-electron chi connectivity index (χ2n) is 6.04. The lowest BCUT2D eigenvalue weighted by Crippen LogP contribution is -2.36. The van der Waals surface area contributed by atoms with E-state index in [4.69, 9.17) is 9.26 Å². The maximum Gasteiger partial charge on any atom is 0.289 e. The molecule has 1 unspecified atom stereocenters. The van der Waals surface area contributed by atoms with Crippen LogP contribution in [0.2, 0.25) is 0 Å². The van der Waals surface area contributed by atoms with Gasteiger partial charge in [0.1, 0.15) is 5.75 Å². The summed E-state index contributed by atoms with van der Waals surface area (Å²) in [5.41, 5.74) is 1.79. The summed E-state index contributed by atoms with van der Waals surface area (Å²) in [7, 11) is 1.68. The number of hydrogen-bond donors (Lipinski definition) is 1. The SMILES string of the molecule is COc1ccccc1C(CNC(=O)c1cc(C)no1)N1CCCC1. The monoisotopic (exact) mass is 329 g/mol. The minimum absolute atomic E-state index is 0.0802. The highest BCUT2D eigenvalue weighted by atomic mass is 16.5. The Morgan fingerprint density at radius 2 is 2.12 bits per heavy atom. The van der Waals surface area contributed by atoms with Gasteiger partial charge in [0.25, 0.3) is 5.91 Å². The normalized spacial score (nSPS) is 16.1. The van der Waals surface area contributed by atoms with E-state index in [0.29, 0.717) is 12.2 Å². The molecule has 1 N–H and O–H groups in total. The Morgan fingerprint density at radius 3 is 2.79 bits per heavy atom. The Hall–Kier alpha value is -2.34. The summed E-state index contributed by atoms with van der Waals surface area (Å²) in [6, 6.07) is 9.70. The van der Waals surface area contributed by atoms with Gasteiger partial charge in [-0.25, -0.2) is 0 Å². The van der Waals surface area contributed by atoms with Gasteiger partial charge in [0, 0.05) is 18.2 Å². The fraction of sp³-hybridized carbons (Fsp3) is 0.444. The lowest BCUT2D eigenvalue weighted by molar-refractivity contribution is 0.0900. The number of aromatic nitrogens is 1. The van der Waals surface area contributed by atoms with E-state index < -0.39 is 0 Å². The molecule has 1 fully saturated rings. The van der Waals surface area contributed by atoms with Crippen LogP contribution in [0.4, 0.5) is 0 Å². The van der Waals surface area contributed by atoms with Crippen LogP contribution in [0, 0.1) is 6.92 Å². The fourth-order valence-corrected chi connectivity index (χ4v) is 3.18. The zero-order valence-corrected chi connectivity index (χ0v) is 14.1. The second-order valence-corrected chi connectivity index (χ2v) is 6.04. The number of carbonyl (C=O) groups excluding carboxylic acids is 1. The highest BCUT2D eigenvalue weighted by Crippen LogP contribution is 2.31. The number of para-hydroxylation sites is 1. The molecule has 2 heterocycles. The van der Waals surface area contributed by atoms with Crippen molar-refractivity contribution in [1.82, 2.24) is 15.4 Å². The van der Waals surface area contributed by atoms with E-state index in [9.17, 15) is 4.79 Å². The maximum absolute atomic E-state index is 12.3. The molecule has 1 aliphatic heterocycles. The Labute approximate surface area is 141 Å². The van der Waals surface area contributed by atoms with E-state index in [1.165, 1.54) is 12.8 Å². The van der Waals surface area contributed by atoms with E-state index >= 15 is 0 Å². The van der Waals surface area contributed by atoms with Crippen LogP contribution in [0.3, 0.4) is 0 Å². The van der Waals surface area contributed by atoms with Crippen LogP contribution in [0.15, 0.2) is 34.9 Å². The first-order chi connectivity index (χ1) is 11.7. The van der Waals surface area contributed by atoms with Crippen LogP contribution < -0.4 is 10.1 Å². The summed E-state index contributed by atoms with van der Waals surface area (Å²) in [4.78, 5) is 14.7. The molecule has 3 rings (SSSR count). The number of ether oxygens (including phenoxy) is 1. The second kappa shape index (κ2) is 7.49. The van der Waals surface area contributed by atoms with E-state index in [1.807, 2.05) is 18.2 Å². The van der Waals surface area contributed by atoms with Gasteiger partial charge in [-0.05, 0) is 38.9 Å². The number of aryl methyl sites for hydroxylation is 1. The molecule has 2 aromatic rings. The third-order valence-corrected chi connectivity index (χ3v) is 4.39. The molecule has 1 aromatic carbocycles. The Balaban J connectivity index is 1.76. The summed E-state index contributed by atoms with van der Waals surface area (Å²) in [5, 5.41) is 6.73. The van der Waals surface area contributed by atoms with Gasteiger partial charge in [0.15, 0.2) is 0 Å². The highest BCUT2D eigenvalue weighted by molar-refractivity contribution is 5.91. The summed E-state index contributed by atoms with van der Waals surface area (Å²) < 4.78 is 10.5. The zero-order valence-electron chi connectivity index (χ0n) is 14.1. The van der Waals surface area contributed by atoms with Gasteiger partial charge in [-0.1, -0.05) is 23.4 Å². The quantitative estimate of drug-likeness (QED) is 0.882. The topological polar surface area (TPSA) is 67.6 Å². The number of carbonyl (C=O) groups is 1. The van der Waals surface area contributed by atoms with Crippen molar-refractivity contribution in [3.63, 3.8) is 0 Å². The number of hydrogen-bond acceptors (Lipinski definition) is 5. The van der Waals surface area contributed by atoms with Crippen LogP contribution in [0.1, 0.15) is 40.7 Å². The fourth-order valence-electron chi connectivity index (χ4n) is 3.18. The average molecular weight is 329 g/mol. The van der Waals surface area contributed by atoms with Gasteiger partial charge in [-0.15, -0.1) is 0 Å². The molecule has 1 atom stereocenters. The van der Waals surface area contributed by atoms with Crippen LogP contribution in [-0.4, -0.2) is 42.7 Å². The van der Waals surface area contributed by atoms with Crippen molar-refractivity contribution in [2.45, 2.75) is 25.8 Å². The van der Waals surface area contributed by atoms with E-state index in [2.05, 4.69) is 21.4 Å². The molecule has 0 saturated carbocycles. The van der Waals surface area contributed by atoms with Crippen LogP contribution >= 0.6 is 0 Å². The van der Waals surface area contributed by atoms with Crippen LogP contribution in [0.5, 0.6) is 5.75 Å². The summed E-state index contributed by atoms with van der Waals surface area (Å²) >= 11 is 0. The third kappa shape index (κ3) is 3.59.